The van der Waals surface area contributed by atoms with Crippen molar-refractivity contribution in [3.8, 4) is 5.75 Å². The minimum Gasteiger partial charge on any atom is -0.434 e. The third kappa shape index (κ3) is 3.35. The van der Waals surface area contributed by atoms with Crippen LogP contribution in [0.15, 0.2) is 48.5 Å². The van der Waals surface area contributed by atoms with Gasteiger partial charge in [-0.15, -0.1) is 0 Å². The van der Waals surface area contributed by atoms with Crippen molar-refractivity contribution in [2.24, 2.45) is 0 Å². The topological polar surface area (TPSA) is 35.5 Å². The van der Waals surface area contributed by atoms with Gasteiger partial charge in [0.1, 0.15) is 5.75 Å². The predicted molar refractivity (Wildman–Crippen MR) is 97.7 cm³/mol. The number of carbonyl (C=O) groups excluding carboxylic acids is 1. The maximum Gasteiger partial charge on any atom is 0.513 e. The van der Waals surface area contributed by atoms with Gasteiger partial charge >= 0.3 is 6.16 Å². The summed E-state index contributed by atoms with van der Waals surface area (Å²) in [4.78, 5) is 12.1. The summed E-state index contributed by atoms with van der Waals surface area (Å²) >= 11 is 0. The van der Waals surface area contributed by atoms with Gasteiger partial charge in [-0.1, -0.05) is 56.7 Å². The molecule has 0 amide bonds. The maximum atomic E-state index is 12.1. The summed E-state index contributed by atoms with van der Waals surface area (Å²) in [6.45, 7) is 4.55. The third-order valence-electron chi connectivity index (χ3n) is 4.19. The second kappa shape index (κ2) is 7.35. The van der Waals surface area contributed by atoms with Gasteiger partial charge in [0.15, 0.2) is 0 Å². The monoisotopic (exact) mass is 322 g/mol. The molecule has 3 aromatic rings. The number of benzene rings is 3. The van der Waals surface area contributed by atoms with Crippen LogP contribution in [0.1, 0.15) is 32.3 Å². The molecule has 0 heterocycles. The number of carbonyl (C=O) groups is 1. The van der Waals surface area contributed by atoms with E-state index >= 15 is 0 Å². The number of fused-ring (bicyclic) bond motifs is 2. The lowest BCUT2D eigenvalue weighted by Crippen LogP contribution is -2.12. The quantitative estimate of drug-likeness (QED) is 0.255. The zero-order chi connectivity index (χ0) is 16.9. The summed E-state index contributed by atoms with van der Waals surface area (Å²) in [5.41, 5.74) is 1.21. The Labute approximate surface area is 142 Å². The Kier molecular flexibility index (Phi) is 4.99. The van der Waals surface area contributed by atoms with Crippen molar-refractivity contribution in [2.45, 2.75) is 33.1 Å². The fourth-order valence-corrected chi connectivity index (χ4v) is 2.81. The van der Waals surface area contributed by atoms with Crippen molar-refractivity contribution in [1.29, 1.82) is 0 Å². The minimum absolute atomic E-state index is 0.387. The second-order valence-corrected chi connectivity index (χ2v) is 5.89. The third-order valence-corrected chi connectivity index (χ3v) is 4.19. The molecule has 0 saturated heterocycles. The number of hydrogen-bond donors (Lipinski definition) is 0. The molecule has 0 unspecified atom stereocenters. The normalized spacial score (nSPS) is 10.9. The highest BCUT2D eigenvalue weighted by Crippen LogP contribution is 2.35. The first kappa shape index (κ1) is 16.3. The fourth-order valence-electron chi connectivity index (χ4n) is 2.81. The SMILES string of the molecule is CCCCOC(=O)Oc1c2ccccc2cc2ccc(CC)cc12. The van der Waals surface area contributed by atoms with Crippen LogP contribution >= 0.6 is 0 Å². The minimum atomic E-state index is -0.636. The molecule has 0 saturated carbocycles. The highest BCUT2D eigenvalue weighted by molar-refractivity contribution is 6.06. The number of ether oxygens (including phenoxy) is 2. The lowest BCUT2D eigenvalue weighted by molar-refractivity contribution is 0.0988. The van der Waals surface area contributed by atoms with Crippen LogP contribution in [0.4, 0.5) is 4.79 Å². The van der Waals surface area contributed by atoms with Gasteiger partial charge in [-0.2, -0.15) is 0 Å². The molecule has 3 nitrogen and oxygen atoms in total. The molecule has 0 aliphatic carbocycles. The van der Waals surface area contributed by atoms with E-state index in [-0.39, 0.29) is 0 Å². The lowest BCUT2D eigenvalue weighted by Gasteiger charge is -2.13. The predicted octanol–water partition coefficient (Wildman–Crippen LogP) is 5.87. The number of rotatable bonds is 5. The molecule has 0 aromatic heterocycles. The van der Waals surface area contributed by atoms with Gasteiger partial charge in [-0.3, -0.25) is 0 Å². The Hall–Kier alpha value is -2.55. The fraction of sp³-hybridized carbons (Fsp3) is 0.286. The summed E-state index contributed by atoms with van der Waals surface area (Å²) in [5.74, 6) is 0.583. The van der Waals surface area contributed by atoms with Gasteiger partial charge in [0, 0.05) is 10.8 Å². The highest BCUT2D eigenvalue weighted by Gasteiger charge is 2.14. The van der Waals surface area contributed by atoms with Crippen molar-refractivity contribution < 1.29 is 14.3 Å². The molecule has 0 aliphatic heterocycles. The summed E-state index contributed by atoms with van der Waals surface area (Å²) in [6, 6.07) is 16.3. The first-order valence-electron chi connectivity index (χ1n) is 8.52. The van der Waals surface area contributed by atoms with E-state index in [4.69, 9.17) is 9.47 Å². The molecule has 3 rings (SSSR count). The molecular weight excluding hydrogens is 300 g/mol. The zero-order valence-corrected chi connectivity index (χ0v) is 14.2. The van der Waals surface area contributed by atoms with Crippen molar-refractivity contribution in [3.05, 3.63) is 54.1 Å². The molecule has 0 aliphatic rings. The molecule has 0 fully saturated rings. The van der Waals surface area contributed by atoms with E-state index in [1.807, 2.05) is 24.3 Å². The number of hydrogen-bond acceptors (Lipinski definition) is 3. The van der Waals surface area contributed by atoms with Gasteiger partial charge in [-0.25, -0.2) is 4.79 Å². The van der Waals surface area contributed by atoms with Gasteiger partial charge in [0.25, 0.3) is 0 Å². The molecule has 0 radical (unpaired) electrons. The van der Waals surface area contributed by atoms with Crippen LogP contribution in [0.25, 0.3) is 21.5 Å². The molecule has 0 bridgehead atoms. The summed E-state index contributed by atoms with van der Waals surface area (Å²) < 4.78 is 10.8. The molecule has 3 heteroatoms. The molecule has 3 aromatic carbocycles. The smallest absolute Gasteiger partial charge is 0.434 e. The Morgan fingerprint density at radius 1 is 0.958 bits per heavy atom. The molecular formula is C21H22O3. The van der Waals surface area contributed by atoms with E-state index < -0.39 is 6.16 Å². The Balaban J connectivity index is 2.08. The van der Waals surface area contributed by atoms with E-state index in [9.17, 15) is 4.79 Å². The number of aryl methyl sites for hydroxylation is 1. The van der Waals surface area contributed by atoms with E-state index in [1.165, 1.54) is 5.56 Å². The molecule has 0 atom stereocenters. The summed E-state index contributed by atoms with van der Waals surface area (Å²) in [5, 5.41) is 3.97. The standard InChI is InChI=1S/C21H22O3/c1-3-5-12-23-21(22)24-20-18-9-7-6-8-16(18)14-17-11-10-15(4-2)13-19(17)20/h6-11,13-14H,3-5,12H2,1-2H3. The van der Waals surface area contributed by atoms with E-state index in [2.05, 4.69) is 38.1 Å². The van der Waals surface area contributed by atoms with Crippen LogP contribution < -0.4 is 4.74 Å². The second-order valence-electron chi connectivity index (χ2n) is 5.89. The molecule has 124 valence electrons. The van der Waals surface area contributed by atoms with Crippen LogP contribution in [0.3, 0.4) is 0 Å². The number of unbranched alkanes of at least 4 members (excludes halogenated alkanes) is 1. The van der Waals surface area contributed by atoms with Crippen LogP contribution in [0, 0.1) is 0 Å². The lowest BCUT2D eigenvalue weighted by atomic mass is 9.99. The highest BCUT2D eigenvalue weighted by atomic mass is 16.7. The average Bonchev–Trinajstić information content (AvgIpc) is 2.61. The summed E-state index contributed by atoms with van der Waals surface area (Å²) in [7, 11) is 0. The zero-order valence-electron chi connectivity index (χ0n) is 14.2. The van der Waals surface area contributed by atoms with Gasteiger partial charge in [-0.05, 0) is 41.3 Å². The molecule has 0 N–H and O–H groups in total. The van der Waals surface area contributed by atoms with Crippen molar-refractivity contribution in [1.82, 2.24) is 0 Å². The summed E-state index contributed by atoms with van der Waals surface area (Å²) in [6.07, 6.45) is 2.11. The van der Waals surface area contributed by atoms with Crippen LogP contribution in [-0.2, 0) is 11.2 Å². The molecule has 0 spiro atoms. The van der Waals surface area contributed by atoms with Crippen molar-refractivity contribution in [2.75, 3.05) is 6.61 Å². The van der Waals surface area contributed by atoms with E-state index in [0.717, 1.165) is 40.8 Å². The Morgan fingerprint density at radius 2 is 1.75 bits per heavy atom. The van der Waals surface area contributed by atoms with Crippen molar-refractivity contribution >= 4 is 27.7 Å². The van der Waals surface area contributed by atoms with Crippen LogP contribution in [0.2, 0.25) is 0 Å². The Morgan fingerprint density at radius 3 is 2.54 bits per heavy atom. The van der Waals surface area contributed by atoms with Gasteiger partial charge in [0.05, 0.1) is 6.61 Å². The van der Waals surface area contributed by atoms with Crippen molar-refractivity contribution in [3.63, 3.8) is 0 Å². The van der Waals surface area contributed by atoms with Gasteiger partial charge < -0.3 is 9.47 Å². The first-order chi connectivity index (χ1) is 11.7. The van der Waals surface area contributed by atoms with Crippen LogP contribution in [-0.4, -0.2) is 12.8 Å². The average molecular weight is 322 g/mol. The maximum absolute atomic E-state index is 12.1. The molecule has 24 heavy (non-hydrogen) atoms. The van der Waals surface area contributed by atoms with Gasteiger partial charge in [0.2, 0.25) is 0 Å². The first-order valence-corrected chi connectivity index (χ1v) is 8.52. The van der Waals surface area contributed by atoms with Crippen LogP contribution in [0.5, 0.6) is 5.75 Å². The Bertz CT molecular complexity index is 867. The van der Waals surface area contributed by atoms with E-state index in [0.29, 0.717) is 12.4 Å². The van der Waals surface area contributed by atoms with E-state index in [1.54, 1.807) is 0 Å². The largest absolute Gasteiger partial charge is 0.513 e.